The molecule has 0 fully saturated rings. The van der Waals surface area contributed by atoms with Gasteiger partial charge in [0.05, 0.1) is 7.11 Å². The van der Waals surface area contributed by atoms with E-state index in [0.29, 0.717) is 6.04 Å². The van der Waals surface area contributed by atoms with Crippen LogP contribution < -0.4 is 4.74 Å². The average Bonchev–Trinajstić information content (AvgIpc) is 2.78. The highest BCUT2D eigenvalue weighted by molar-refractivity contribution is 5.56. The van der Waals surface area contributed by atoms with Crippen LogP contribution in [0, 0.1) is 0 Å². The summed E-state index contributed by atoms with van der Waals surface area (Å²) in [6.45, 7) is 4.22. The van der Waals surface area contributed by atoms with E-state index < -0.39 is 0 Å². The fraction of sp³-hybridized carbons (Fsp3) is 0.333. The van der Waals surface area contributed by atoms with Gasteiger partial charge < -0.3 is 9.30 Å². The molecule has 16 heavy (non-hydrogen) atoms. The van der Waals surface area contributed by atoms with E-state index in [1.165, 1.54) is 0 Å². The summed E-state index contributed by atoms with van der Waals surface area (Å²) < 4.78 is 7.16. The lowest BCUT2D eigenvalue weighted by Crippen LogP contribution is -2.01. The fourth-order valence-corrected chi connectivity index (χ4v) is 1.57. The molecule has 2 rings (SSSR count). The highest BCUT2D eigenvalue weighted by atomic mass is 16.5. The predicted octanol–water partition coefficient (Wildman–Crippen LogP) is 2.53. The van der Waals surface area contributed by atoms with Crippen molar-refractivity contribution in [1.29, 1.82) is 0 Å². The minimum absolute atomic E-state index is 0.354. The molecule has 0 aliphatic carbocycles. The Bertz CT molecular complexity index is 459. The van der Waals surface area contributed by atoms with E-state index in [4.69, 9.17) is 4.74 Å². The van der Waals surface area contributed by atoms with Crippen molar-refractivity contribution in [3.8, 4) is 17.1 Å². The van der Waals surface area contributed by atoms with Gasteiger partial charge in [-0.25, -0.2) is 0 Å². The standard InChI is InChI=1S/C12H15N3O/c1-9(2)15-8-13-14-12(15)10-4-6-11(16-3)7-5-10/h4-9H,1-3H3. The van der Waals surface area contributed by atoms with Crippen LogP contribution in [0.15, 0.2) is 30.6 Å². The highest BCUT2D eigenvalue weighted by Crippen LogP contribution is 2.22. The molecule has 4 heteroatoms. The maximum absolute atomic E-state index is 5.12. The molecule has 0 N–H and O–H groups in total. The maximum atomic E-state index is 5.12. The second-order valence-corrected chi connectivity index (χ2v) is 3.88. The van der Waals surface area contributed by atoms with Crippen LogP contribution in [0.3, 0.4) is 0 Å². The van der Waals surface area contributed by atoms with Gasteiger partial charge in [0.25, 0.3) is 0 Å². The Labute approximate surface area is 94.9 Å². The van der Waals surface area contributed by atoms with Crippen molar-refractivity contribution in [2.45, 2.75) is 19.9 Å². The quantitative estimate of drug-likeness (QED) is 0.793. The first-order valence-electron chi connectivity index (χ1n) is 5.26. The van der Waals surface area contributed by atoms with Gasteiger partial charge in [0.1, 0.15) is 12.1 Å². The lowest BCUT2D eigenvalue weighted by atomic mass is 10.2. The molecule has 84 valence electrons. The zero-order valence-electron chi connectivity index (χ0n) is 9.71. The van der Waals surface area contributed by atoms with E-state index in [0.717, 1.165) is 17.1 Å². The van der Waals surface area contributed by atoms with Gasteiger partial charge in [-0.05, 0) is 38.1 Å². The molecule has 2 aromatic rings. The van der Waals surface area contributed by atoms with E-state index >= 15 is 0 Å². The van der Waals surface area contributed by atoms with Gasteiger partial charge >= 0.3 is 0 Å². The zero-order valence-corrected chi connectivity index (χ0v) is 9.71. The van der Waals surface area contributed by atoms with Gasteiger partial charge in [0, 0.05) is 11.6 Å². The van der Waals surface area contributed by atoms with Crippen LogP contribution in [0.25, 0.3) is 11.4 Å². The summed E-state index contributed by atoms with van der Waals surface area (Å²) in [5.41, 5.74) is 1.05. The topological polar surface area (TPSA) is 39.9 Å². The molecule has 1 heterocycles. The molecule has 4 nitrogen and oxygen atoms in total. The van der Waals surface area contributed by atoms with Crippen LogP contribution >= 0.6 is 0 Å². The number of methoxy groups -OCH3 is 1. The van der Waals surface area contributed by atoms with Crippen molar-refractivity contribution in [1.82, 2.24) is 14.8 Å². The molecular weight excluding hydrogens is 202 g/mol. The summed E-state index contributed by atoms with van der Waals surface area (Å²) in [6, 6.07) is 8.18. The van der Waals surface area contributed by atoms with Crippen LogP contribution in [0.1, 0.15) is 19.9 Å². The van der Waals surface area contributed by atoms with Crippen molar-refractivity contribution in [2.75, 3.05) is 7.11 Å². The first-order chi connectivity index (χ1) is 7.72. The Balaban J connectivity index is 2.38. The van der Waals surface area contributed by atoms with E-state index in [9.17, 15) is 0 Å². The third kappa shape index (κ3) is 1.91. The average molecular weight is 217 g/mol. The molecule has 0 saturated heterocycles. The van der Waals surface area contributed by atoms with E-state index in [1.807, 2.05) is 28.8 Å². The van der Waals surface area contributed by atoms with Gasteiger partial charge in [-0.2, -0.15) is 0 Å². The SMILES string of the molecule is COc1ccc(-c2nncn2C(C)C)cc1. The summed E-state index contributed by atoms with van der Waals surface area (Å²) in [7, 11) is 1.66. The molecule has 1 aromatic heterocycles. The Hall–Kier alpha value is -1.84. The molecule has 0 amide bonds. The number of hydrogen-bond acceptors (Lipinski definition) is 3. The fourth-order valence-electron chi connectivity index (χ4n) is 1.57. The molecule has 0 spiro atoms. The third-order valence-corrected chi connectivity index (χ3v) is 2.48. The molecular formula is C12H15N3O. The van der Waals surface area contributed by atoms with Crippen molar-refractivity contribution < 1.29 is 4.74 Å². The van der Waals surface area contributed by atoms with Gasteiger partial charge in [0.15, 0.2) is 5.82 Å². The number of benzene rings is 1. The number of ether oxygens (including phenoxy) is 1. The zero-order chi connectivity index (χ0) is 11.5. The van der Waals surface area contributed by atoms with Crippen molar-refractivity contribution in [2.24, 2.45) is 0 Å². The summed E-state index contributed by atoms with van der Waals surface area (Å²) in [6.07, 6.45) is 1.75. The first kappa shape index (κ1) is 10.7. The molecule has 0 bridgehead atoms. The van der Waals surface area contributed by atoms with E-state index in [-0.39, 0.29) is 0 Å². The smallest absolute Gasteiger partial charge is 0.163 e. The van der Waals surface area contributed by atoms with Crippen LogP contribution in [0.4, 0.5) is 0 Å². The molecule has 0 aliphatic rings. The lowest BCUT2D eigenvalue weighted by molar-refractivity contribution is 0.415. The van der Waals surface area contributed by atoms with E-state index in [2.05, 4.69) is 24.0 Å². The first-order valence-corrected chi connectivity index (χ1v) is 5.26. The normalized spacial score (nSPS) is 10.8. The van der Waals surface area contributed by atoms with Crippen molar-refractivity contribution in [3.05, 3.63) is 30.6 Å². The highest BCUT2D eigenvalue weighted by Gasteiger charge is 2.09. The van der Waals surface area contributed by atoms with Gasteiger partial charge in [-0.15, -0.1) is 10.2 Å². The van der Waals surface area contributed by atoms with Crippen molar-refractivity contribution in [3.63, 3.8) is 0 Å². The predicted molar refractivity (Wildman–Crippen MR) is 62.4 cm³/mol. The van der Waals surface area contributed by atoms with E-state index in [1.54, 1.807) is 13.4 Å². The molecule has 0 atom stereocenters. The maximum Gasteiger partial charge on any atom is 0.163 e. The number of rotatable bonds is 3. The molecule has 0 aliphatic heterocycles. The number of aromatic nitrogens is 3. The second kappa shape index (κ2) is 4.35. The monoisotopic (exact) mass is 217 g/mol. The largest absolute Gasteiger partial charge is 0.497 e. The molecule has 0 saturated carbocycles. The lowest BCUT2D eigenvalue weighted by Gasteiger charge is -2.10. The number of hydrogen-bond donors (Lipinski definition) is 0. The van der Waals surface area contributed by atoms with Crippen LogP contribution in [-0.2, 0) is 0 Å². The Morgan fingerprint density at radius 2 is 1.88 bits per heavy atom. The van der Waals surface area contributed by atoms with Gasteiger partial charge in [0.2, 0.25) is 0 Å². The molecule has 1 aromatic carbocycles. The van der Waals surface area contributed by atoms with Gasteiger partial charge in [-0.3, -0.25) is 0 Å². The Morgan fingerprint density at radius 1 is 1.19 bits per heavy atom. The third-order valence-electron chi connectivity index (χ3n) is 2.48. The second-order valence-electron chi connectivity index (χ2n) is 3.88. The summed E-state index contributed by atoms with van der Waals surface area (Å²) in [5, 5.41) is 8.08. The minimum atomic E-state index is 0.354. The van der Waals surface area contributed by atoms with Crippen LogP contribution in [0.5, 0.6) is 5.75 Å². The minimum Gasteiger partial charge on any atom is -0.497 e. The van der Waals surface area contributed by atoms with Crippen LogP contribution in [-0.4, -0.2) is 21.9 Å². The Kier molecular flexibility index (Phi) is 2.90. The Morgan fingerprint density at radius 3 is 2.44 bits per heavy atom. The van der Waals surface area contributed by atoms with Crippen molar-refractivity contribution >= 4 is 0 Å². The molecule has 0 unspecified atom stereocenters. The summed E-state index contributed by atoms with van der Waals surface area (Å²) in [4.78, 5) is 0. The summed E-state index contributed by atoms with van der Waals surface area (Å²) in [5.74, 6) is 1.73. The summed E-state index contributed by atoms with van der Waals surface area (Å²) >= 11 is 0. The molecule has 0 radical (unpaired) electrons. The van der Waals surface area contributed by atoms with Gasteiger partial charge in [-0.1, -0.05) is 0 Å². The van der Waals surface area contributed by atoms with Crippen LogP contribution in [0.2, 0.25) is 0 Å². The number of nitrogens with zero attached hydrogens (tertiary/aromatic N) is 3.